The van der Waals surface area contributed by atoms with E-state index in [0.29, 0.717) is 12.1 Å². The molecule has 2 atom stereocenters. The summed E-state index contributed by atoms with van der Waals surface area (Å²) < 4.78 is 0. The van der Waals surface area contributed by atoms with Gasteiger partial charge in [-0.15, -0.1) is 0 Å². The van der Waals surface area contributed by atoms with Gasteiger partial charge in [0.2, 0.25) is 0 Å². The Balaban J connectivity index is 2.07. The summed E-state index contributed by atoms with van der Waals surface area (Å²) >= 11 is 0. The number of hydrogen-bond acceptors (Lipinski definition) is 4. The van der Waals surface area contributed by atoms with Crippen molar-refractivity contribution in [1.29, 1.82) is 0 Å². The van der Waals surface area contributed by atoms with Crippen LogP contribution in [-0.2, 0) is 0 Å². The molecule has 4 heteroatoms. The Morgan fingerprint density at radius 3 is 2.55 bits per heavy atom. The molecule has 2 heterocycles. The highest BCUT2D eigenvalue weighted by Crippen LogP contribution is 2.24. The molecule has 1 aliphatic rings. The van der Waals surface area contributed by atoms with Gasteiger partial charge in [-0.25, -0.2) is 4.98 Å². The van der Waals surface area contributed by atoms with E-state index >= 15 is 0 Å². The summed E-state index contributed by atoms with van der Waals surface area (Å²) in [6, 6.07) is 5.25. The van der Waals surface area contributed by atoms with Gasteiger partial charge < -0.3 is 10.2 Å². The van der Waals surface area contributed by atoms with Crippen molar-refractivity contribution in [3.63, 3.8) is 0 Å². The molecule has 2 unspecified atom stereocenters. The maximum absolute atomic E-state index is 4.63. The minimum Gasteiger partial charge on any atom is -0.354 e. The average Bonchev–Trinajstić information content (AvgIpc) is 2.53. The zero-order chi connectivity index (χ0) is 14.5. The van der Waals surface area contributed by atoms with Crippen molar-refractivity contribution >= 4 is 5.82 Å². The van der Waals surface area contributed by atoms with E-state index in [2.05, 4.69) is 46.9 Å². The molecule has 20 heavy (non-hydrogen) atoms. The molecule has 1 fully saturated rings. The topological polar surface area (TPSA) is 31.4 Å². The van der Waals surface area contributed by atoms with Gasteiger partial charge in [-0.2, -0.15) is 0 Å². The molecule has 1 N–H and O–H groups in total. The van der Waals surface area contributed by atoms with Crippen molar-refractivity contribution in [1.82, 2.24) is 15.2 Å². The van der Waals surface area contributed by atoms with Gasteiger partial charge in [-0.05, 0) is 33.4 Å². The number of pyridine rings is 1. The van der Waals surface area contributed by atoms with E-state index in [1.165, 1.54) is 12.0 Å². The van der Waals surface area contributed by atoms with Crippen LogP contribution in [0, 0.1) is 0 Å². The molecular weight excluding hydrogens is 248 g/mol. The molecule has 1 aromatic rings. The quantitative estimate of drug-likeness (QED) is 0.894. The van der Waals surface area contributed by atoms with Crippen molar-refractivity contribution in [2.75, 3.05) is 38.1 Å². The Kier molecular flexibility index (Phi) is 5.38. The maximum atomic E-state index is 4.63. The summed E-state index contributed by atoms with van der Waals surface area (Å²) in [7, 11) is 2.00. The number of rotatable bonds is 5. The summed E-state index contributed by atoms with van der Waals surface area (Å²) in [4.78, 5) is 9.65. The van der Waals surface area contributed by atoms with Crippen LogP contribution in [0.2, 0.25) is 0 Å². The number of piperazine rings is 1. The SMILES string of the molecule is CCC(C)N1CCN(c2ncccc2C(C)NC)CC1. The predicted octanol–water partition coefficient (Wildman–Crippen LogP) is 2.28. The molecular formula is C16H28N4. The van der Waals surface area contributed by atoms with E-state index in [4.69, 9.17) is 0 Å². The highest BCUT2D eigenvalue weighted by Gasteiger charge is 2.23. The van der Waals surface area contributed by atoms with Crippen LogP contribution in [0.1, 0.15) is 38.8 Å². The number of nitrogens with zero attached hydrogens (tertiary/aromatic N) is 3. The summed E-state index contributed by atoms with van der Waals surface area (Å²) in [6.07, 6.45) is 3.13. The van der Waals surface area contributed by atoms with E-state index < -0.39 is 0 Å². The summed E-state index contributed by atoms with van der Waals surface area (Å²) in [6.45, 7) is 11.2. The Labute approximate surface area is 123 Å². The molecule has 0 saturated carbocycles. The Bertz CT molecular complexity index is 413. The molecule has 0 amide bonds. The van der Waals surface area contributed by atoms with Crippen molar-refractivity contribution in [2.45, 2.75) is 39.3 Å². The molecule has 1 saturated heterocycles. The van der Waals surface area contributed by atoms with Crippen LogP contribution in [0.3, 0.4) is 0 Å². The van der Waals surface area contributed by atoms with Crippen LogP contribution in [0.25, 0.3) is 0 Å². The first-order chi connectivity index (χ1) is 9.67. The molecule has 112 valence electrons. The van der Waals surface area contributed by atoms with Gasteiger partial charge in [0.1, 0.15) is 5.82 Å². The minimum absolute atomic E-state index is 0.339. The third-order valence-corrected chi connectivity index (χ3v) is 4.54. The van der Waals surface area contributed by atoms with Crippen molar-refractivity contribution < 1.29 is 0 Å². The lowest BCUT2D eigenvalue weighted by atomic mass is 10.1. The van der Waals surface area contributed by atoms with Crippen LogP contribution in [0.5, 0.6) is 0 Å². The minimum atomic E-state index is 0.339. The average molecular weight is 276 g/mol. The van der Waals surface area contributed by atoms with Gasteiger partial charge in [0.25, 0.3) is 0 Å². The maximum Gasteiger partial charge on any atom is 0.133 e. The summed E-state index contributed by atoms with van der Waals surface area (Å²) in [5.74, 6) is 1.15. The zero-order valence-electron chi connectivity index (χ0n) is 13.3. The molecule has 1 aliphatic heterocycles. The number of aromatic nitrogens is 1. The van der Waals surface area contributed by atoms with Crippen LogP contribution in [-0.4, -0.2) is 49.2 Å². The number of nitrogens with one attached hydrogen (secondary N) is 1. The lowest BCUT2D eigenvalue weighted by Gasteiger charge is -2.39. The highest BCUT2D eigenvalue weighted by molar-refractivity contribution is 5.48. The van der Waals surface area contributed by atoms with E-state index in [0.717, 1.165) is 32.0 Å². The van der Waals surface area contributed by atoms with Gasteiger partial charge in [0.15, 0.2) is 0 Å². The molecule has 4 nitrogen and oxygen atoms in total. The Hall–Kier alpha value is -1.13. The van der Waals surface area contributed by atoms with Crippen molar-refractivity contribution in [3.8, 4) is 0 Å². The molecule has 0 spiro atoms. The van der Waals surface area contributed by atoms with Crippen molar-refractivity contribution in [3.05, 3.63) is 23.9 Å². The van der Waals surface area contributed by atoms with E-state index in [1.54, 1.807) is 0 Å². The normalized spacial score (nSPS) is 19.9. The fraction of sp³-hybridized carbons (Fsp3) is 0.688. The predicted molar refractivity (Wildman–Crippen MR) is 85.3 cm³/mol. The first-order valence-corrected chi connectivity index (χ1v) is 7.78. The highest BCUT2D eigenvalue weighted by atomic mass is 15.3. The largest absolute Gasteiger partial charge is 0.354 e. The molecule has 0 aromatic carbocycles. The van der Waals surface area contributed by atoms with Crippen LogP contribution < -0.4 is 10.2 Å². The van der Waals surface area contributed by atoms with Crippen molar-refractivity contribution in [2.24, 2.45) is 0 Å². The second-order valence-electron chi connectivity index (χ2n) is 5.71. The molecule has 1 aromatic heterocycles. The van der Waals surface area contributed by atoms with Gasteiger partial charge in [-0.1, -0.05) is 13.0 Å². The van der Waals surface area contributed by atoms with Gasteiger partial charge in [0, 0.05) is 50.0 Å². The zero-order valence-corrected chi connectivity index (χ0v) is 13.3. The lowest BCUT2D eigenvalue weighted by Crippen LogP contribution is -2.50. The van der Waals surface area contributed by atoms with Crippen LogP contribution in [0.15, 0.2) is 18.3 Å². The van der Waals surface area contributed by atoms with Gasteiger partial charge >= 0.3 is 0 Å². The number of anilines is 1. The lowest BCUT2D eigenvalue weighted by molar-refractivity contribution is 0.192. The first-order valence-electron chi connectivity index (χ1n) is 7.78. The second-order valence-corrected chi connectivity index (χ2v) is 5.71. The van der Waals surface area contributed by atoms with E-state index in [9.17, 15) is 0 Å². The summed E-state index contributed by atoms with van der Waals surface area (Å²) in [5, 5.41) is 3.32. The Morgan fingerprint density at radius 1 is 1.25 bits per heavy atom. The first kappa shape index (κ1) is 15.3. The van der Waals surface area contributed by atoms with E-state index in [-0.39, 0.29) is 0 Å². The monoisotopic (exact) mass is 276 g/mol. The second kappa shape index (κ2) is 7.04. The third kappa shape index (κ3) is 3.30. The molecule has 0 radical (unpaired) electrons. The molecule has 0 aliphatic carbocycles. The standard InChI is InChI=1S/C16H28N4/c1-5-13(2)19-9-11-20(12-10-19)16-15(14(3)17-4)7-6-8-18-16/h6-8,13-14,17H,5,9-12H2,1-4H3. The number of hydrogen-bond donors (Lipinski definition) is 1. The van der Waals surface area contributed by atoms with Crippen LogP contribution >= 0.6 is 0 Å². The van der Waals surface area contributed by atoms with Gasteiger partial charge in [0.05, 0.1) is 0 Å². The molecule has 0 bridgehead atoms. The smallest absolute Gasteiger partial charge is 0.133 e. The van der Waals surface area contributed by atoms with Crippen LogP contribution in [0.4, 0.5) is 5.82 Å². The summed E-state index contributed by atoms with van der Waals surface area (Å²) in [5.41, 5.74) is 1.30. The fourth-order valence-corrected chi connectivity index (χ4v) is 2.80. The van der Waals surface area contributed by atoms with Gasteiger partial charge in [-0.3, -0.25) is 4.90 Å². The fourth-order valence-electron chi connectivity index (χ4n) is 2.80. The molecule has 2 rings (SSSR count). The Morgan fingerprint density at radius 2 is 1.95 bits per heavy atom. The van der Waals surface area contributed by atoms with E-state index in [1.807, 2.05) is 19.3 Å². The third-order valence-electron chi connectivity index (χ3n) is 4.54.